The molecule has 2 nitrogen and oxygen atoms in total. The van der Waals surface area contributed by atoms with Gasteiger partial charge in [0.25, 0.3) is 0 Å². The van der Waals surface area contributed by atoms with Crippen LogP contribution >= 0.6 is 23.2 Å². The summed E-state index contributed by atoms with van der Waals surface area (Å²) >= 11 is 13.7. The summed E-state index contributed by atoms with van der Waals surface area (Å²) in [7, 11) is 0. The van der Waals surface area contributed by atoms with Crippen LogP contribution in [0, 0.1) is 11.3 Å². The van der Waals surface area contributed by atoms with Crippen molar-refractivity contribution in [2.45, 2.75) is 94.5 Å². The average Bonchev–Trinajstić information content (AvgIpc) is 3.72. The molecule has 33 heavy (non-hydrogen) atoms. The van der Waals surface area contributed by atoms with Crippen molar-refractivity contribution in [1.82, 2.24) is 4.90 Å². The number of alkyl halides is 2. The quantitative estimate of drug-likeness (QED) is 0.319. The zero-order valence-electron chi connectivity index (χ0n) is 20.6. The van der Waals surface area contributed by atoms with Crippen LogP contribution in [-0.2, 0) is 22.6 Å². The van der Waals surface area contributed by atoms with Crippen LogP contribution in [0.4, 0.5) is 0 Å². The summed E-state index contributed by atoms with van der Waals surface area (Å²) in [4.78, 5) is 2.35. The van der Waals surface area contributed by atoms with Gasteiger partial charge in [-0.25, -0.2) is 0 Å². The molecule has 0 aromatic heterocycles. The van der Waals surface area contributed by atoms with E-state index < -0.39 is 0 Å². The molecule has 2 aromatic carbocycles. The Morgan fingerprint density at radius 2 is 1.45 bits per heavy atom. The lowest BCUT2D eigenvalue weighted by atomic mass is 9.94. The zero-order chi connectivity index (χ0) is 24.1. The van der Waals surface area contributed by atoms with Crippen LogP contribution in [0.3, 0.4) is 0 Å². The Balaban J connectivity index is 0.000000968. The molecule has 0 radical (unpaired) electrons. The molecule has 0 heterocycles. The molecule has 2 aliphatic carbocycles. The number of rotatable bonds is 10. The first-order valence-corrected chi connectivity index (χ1v) is 13.1. The molecule has 0 aliphatic heterocycles. The number of hydrogen-bond acceptors (Lipinski definition) is 2. The molecule has 0 saturated heterocycles. The lowest BCUT2D eigenvalue weighted by Crippen LogP contribution is -2.40. The Hall–Kier alpha value is -1.53. The third-order valence-electron chi connectivity index (χ3n) is 7.01. The highest BCUT2D eigenvalue weighted by molar-refractivity contribution is 6.28. The second kappa shape index (κ2) is 11.3. The van der Waals surface area contributed by atoms with Gasteiger partial charge in [0.05, 0.1) is 15.8 Å². The van der Waals surface area contributed by atoms with Gasteiger partial charge in [-0.2, -0.15) is 5.26 Å². The van der Waals surface area contributed by atoms with Crippen molar-refractivity contribution in [3.63, 3.8) is 0 Å². The first-order valence-electron chi connectivity index (χ1n) is 12.3. The van der Waals surface area contributed by atoms with Gasteiger partial charge in [-0.3, -0.25) is 4.90 Å². The van der Waals surface area contributed by atoms with E-state index in [2.05, 4.69) is 74.2 Å². The fourth-order valence-corrected chi connectivity index (χ4v) is 5.21. The molecule has 1 atom stereocenters. The molecule has 1 unspecified atom stereocenters. The van der Waals surface area contributed by atoms with Gasteiger partial charge >= 0.3 is 0 Å². The normalized spacial score (nSPS) is 18.3. The molecule has 2 aromatic rings. The maximum Gasteiger partial charge on any atom is 0.0699 e. The van der Waals surface area contributed by atoms with Crippen LogP contribution in [0.15, 0.2) is 48.5 Å². The Morgan fingerprint density at radius 3 is 2.00 bits per heavy atom. The van der Waals surface area contributed by atoms with Crippen LogP contribution in [0.1, 0.15) is 82.1 Å². The molecule has 2 fully saturated rings. The van der Waals surface area contributed by atoms with Gasteiger partial charge in [-0.1, -0.05) is 48.5 Å². The van der Waals surface area contributed by atoms with Crippen molar-refractivity contribution in [2.75, 3.05) is 6.54 Å². The number of benzene rings is 2. The van der Waals surface area contributed by atoms with E-state index in [4.69, 9.17) is 28.5 Å². The Morgan fingerprint density at radius 1 is 0.879 bits per heavy atom. The number of aryl methyl sites for hydroxylation is 1. The van der Waals surface area contributed by atoms with E-state index in [1.54, 1.807) is 6.07 Å². The van der Waals surface area contributed by atoms with Crippen molar-refractivity contribution >= 4 is 23.2 Å². The average molecular weight is 486 g/mol. The lowest BCUT2D eigenvalue weighted by Gasteiger charge is -2.33. The third-order valence-corrected chi connectivity index (χ3v) is 8.17. The molecule has 0 N–H and O–H groups in total. The SMILES string of the molecule is CC#N.CC(C)N(CCc1ccccc1)C(C)CCc1ccc(C2(Cl)CC2)c(C2(Cl)CC2)c1. The summed E-state index contributed by atoms with van der Waals surface area (Å²) < 4.78 is 0. The Kier molecular flexibility index (Phi) is 8.90. The van der Waals surface area contributed by atoms with Gasteiger partial charge in [0, 0.05) is 25.6 Å². The van der Waals surface area contributed by atoms with Crippen molar-refractivity contribution in [2.24, 2.45) is 0 Å². The molecule has 4 heteroatoms. The van der Waals surface area contributed by atoms with Crippen LogP contribution in [-0.4, -0.2) is 23.5 Å². The third kappa shape index (κ3) is 6.98. The van der Waals surface area contributed by atoms with Gasteiger partial charge in [-0.05, 0) is 88.0 Å². The smallest absolute Gasteiger partial charge is 0.0699 e. The van der Waals surface area contributed by atoms with Gasteiger partial charge in [0.1, 0.15) is 0 Å². The molecular formula is C29H38Cl2N2. The van der Waals surface area contributed by atoms with Gasteiger partial charge in [0.2, 0.25) is 0 Å². The van der Waals surface area contributed by atoms with Crippen LogP contribution < -0.4 is 0 Å². The van der Waals surface area contributed by atoms with Gasteiger partial charge in [-0.15, -0.1) is 23.2 Å². The Labute approximate surface area is 210 Å². The fourth-order valence-electron chi connectivity index (χ4n) is 4.70. The van der Waals surface area contributed by atoms with Crippen LogP contribution in [0.5, 0.6) is 0 Å². The summed E-state index contributed by atoms with van der Waals surface area (Å²) in [5.74, 6) is 0. The monoisotopic (exact) mass is 484 g/mol. The van der Waals surface area contributed by atoms with Crippen LogP contribution in [0.25, 0.3) is 0 Å². The second-order valence-electron chi connectivity index (χ2n) is 9.99. The predicted octanol–water partition coefficient (Wildman–Crippen LogP) is 7.95. The van der Waals surface area contributed by atoms with E-state index >= 15 is 0 Å². The molecule has 178 valence electrons. The molecular weight excluding hydrogens is 447 g/mol. The maximum absolute atomic E-state index is 7.32. The number of nitriles is 1. The summed E-state index contributed by atoms with van der Waals surface area (Å²) in [5, 5.41) is 7.32. The van der Waals surface area contributed by atoms with Gasteiger partial charge in [0.15, 0.2) is 0 Å². The number of hydrogen-bond donors (Lipinski definition) is 0. The van der Waals surface area contributed by atoms with E-state index in [1.807, 2.05) is 0 Å². The standard InChI is InChI=1S/C27H35Cl2N.C2H3N/c1-20(2)30(18-13-22-7-5-4-6-8-22)21(3)9-10-23-11-12-24(26(28)14-15-26)25(19-23)27(29)16-17-27;1-2-3/h4-8,11-12,19-21H,9-10,13-18H2,1-3H3;1H3. The van der Waals surface area contributed by atoms with E-state index in [0.717, 1.165) is 51.5 Å². The second-order valence-corrected chi connectivity index (χ2v) is 11.4. The van der Waals surface area contributed by atoms with E-state index in [0.29, 0.717) is 12.1 Å². The zero-order valence-corrected chi connectivity index (χ0v) is 22.1. The molecule has 0 spiro atoms. The minimum Gasteiger partial charge on any atom is -0.298 e. The Bertz CT molecular complexity index is 940. The minimum absolute atomic E-state index is 0.141. The van der Waals surface area contributed by atoms with E-state index in [9.17, 15) is 0 Å². The highest BCUT2D eigenvalue weighted by atomic mass is 35.5. The van der Waals surface area contributed by atoms with E-state index in [1.165, 1.54) is 29.2 Å². The van der Waals surface area contributed by atoms with E-state index in [-0.39, 0.29) is 9.75 Å². The summed E-state index contributed by atoms with van der Waals surface area (Å²) in [6.07, 6.45) is 7.67. The van der Waals surface area contributed by atoms with Crippen molar-refractivity contribution in [1.29, 1.82) is 5.26 Å². The fraction of sp³-hybridized carbons (Fsp3) is 0.552. The summed E-state index contributed by atoms with van der Waals surface area (Å²) in [5.41, 5.74) is 5.43. The number of nitrogens with zero attached hydrogens (tertiary/aromatic N) is 2. The highest BCUT2D eigenvalue weighted by Gasteiger charge is 2.50. The lowest BCUT2D eigenvalue weighted by molar-refractivity contribution is 0.158. The summed E-state index contributed by atoms with van der Waals surface area (Å²) in [6.45, 7) is 9.54. The van der Waals surface area contributed by atoms with Crippen molar-refractivity contribution in [3.8, 4) is 6.07 Å². The van der Waals surface area contributed by atoms with Crippen LogP contribution in [0.2, 0.25) is 0 Å². The molecule has 2 aliphatic rings. The topological polar surface area (TPSA) is 27.0 Å². The number of halogens is 2. The highest BCUT2D eigenvalue weighted by Crippen LogP contribution is 2.60. The predicted molar refractivity (Wildman–Crippen MR) is 141 cm³/mol. The van der Waals surface area contributed by atoms with Crippen molar-refractivity contribution in [3.05, 3.63) is 70.8 Å². The largest absolute Gasteiger partial charge is 0.298 e. The molecule has 0 bridgehead atoms. The first-order chi connectivity index (χ1) is 15.7. The summed E-state index contributed by atoms with van der Waals surface area (Å²) in [6, 6.07) is 20.6. The van der Waals surface area contributed by atoms with Crippen molar-refractivity contribution < 1.29 is 0 Å². The first kappa shape index (κ1) is 26.1. The molecule has 4 rings (SSSR count). The minimum atomic E-state index is -0.152. The molecule has 0 amide bonds. The maximum atomic E-state index is 7.32. The molecule has 2 saturated carbocycles. The van der Waals surface area contributed by atoms with Gasteiger partial charge < -0.3 is 0 Å².